The zero-order valence-electron chi connectivity index (χ0n) is 26.8. The molecule has 236 valence electrons. The summed E-state index contributed by atoms with van der Waals surface area (Å²) in [5, 5.41) is 7.31. The van der Waals surface area contributed by atoms with Crippen LogP contribution in [0.5, 0.6) is 0 Å². The van der Waals surface area contributed by atoms with Gasteiger partial charge < -0.3 is 9.33 Å². The highest BCUT2D eigenvalue weighted by Crippen LogP contribution is 2.42. The SMILES string of the molecule is CCC1N[C@H](c2cccc(Cl)c2)[C@H](c2ccc(Cl)cc2)N([C@@H](CC)CO[Si](c2ccccc2)(c2ccccc2)C(C)(C)C)C1=O. The van der Waals surface area contributed by atoms with Gasteiger partial charge in [0.25, 0.3) is 8.32 Å². The first kappa shape index (κ1) is 33.4. The molecule has 1 unspecified atom stereocenters. The van der Waals surface area contributed by atoms with Crippen molar-refractivity contribution < 1.29 is 9.22 Å². The standard InChI is InChI=1S/C38H44Cl2N2O2Si/c1-6-31(26-44-45(38(3,4)5,32-17-10-8-11-18-32)33-19-12-9-13-20-33)42-36(27-21-23-29(39)24-22-27)35(41-34(7-2)37(42)43)28-15-14-16-30(40)25-28/h8-25,31,34-36,41H,6-7,26H2,1-5H3/t31-,34?,35+,36-/m0/s1. The molecule has 1 aliphatic heterocycles. The largest absolute Gasteiger partial charge is 0.405 e. The number of carbonyl (C=O) groups is 1. The topological polar surface area (TPSA) is 41.6 Å². The van der Waals surface area contributed by atoms with E-state index in [2.05, 4.69) is 112 Å². The molecule has 0 spiro atoms. The van der Waals surface area contributed by atoms with Gasteiger partial charge in [-0.2, -0.15) is 0 Å². The average molecular weight is 660 g/mol. The van der Waals surface area contributed by atoms with E-state index in [0.717, 1.165) is 17.5 Å². The summed E-state index contributed by atoms with van der Waals surface area (Å²) in [5.41, 5.74) is 2.06. The van der Waals surface area contributed by atoms with Crippen molar-refractivity contribution >= 4 is 47.8 Å². The van der Waals surface area contributed by atoms with E-state index < -0.39 is 8.32 Å². The van der Waals surface area contributed by atoms with Crippen molar-refractivity contribution in [2.24, 2.45) is 0 Å². The van der Waals surface area contributed by atoms with Gasteiger partial charge in [0.15, 0.2) is 0 Å². The molecule has 1 aliphatic rings. The Bertz CT molecular complexity index is 1520. The van der Waals surface area contributed by atoms with Gasteiger partial charge in [-0.3, -0.25) is 10.1 Å². The van der Waals surface area contributed by atoms with Gasteiger partial charge in [0.05, 0.1) is 30.8 Å². The third-order valence-electron chi connectivity index (χ3n) is 9.15. The van der Waals surface area contributed by atoms with Crippen molar-refractivity contribution in [1.29, 1.82) is 0 Å². The zero-order valence-corrected chi connectivity index (χ0v) is 29.4. The van der Waals surface area contributed by atoms with Gasteiger partial charge in [0.1, 0.15) is 0 Å². The fourth-order valence-corrected chi connectivity index (χ4v) is 11.8. The zero-order chi connectivity index (χ0) is 32.2. The second-order valence-electron chi connectivity index (χ2n) is 12.9. The van der Waals surface area contributed by atoms with E-state index in [1.807, 2.05) is 42.5 Å². The number of nitrogens with zero attached hydrogens (tertiary/aromatic N) is 1. The minimum absolute atomic E-state index is 0.0913. The number of carbonyl (C=O) groups excluding carboxylic acids is 1. The Balaban J connectivity index is 1.62. The molecule has 0 aliphatic carbocycles. The Morgan fingerprint density at radius 1 is 0.800 bits per heavy atom. The van der Waals surface area contributed by atoms with Gasteiger partial charge >= 0.3 is 0 Å². The maximum atomic E-state index is 14.5. The molecule has 1 amide bonds. The first-order valence-electron chi connectivity index (χ1n) is 15.9. The van der Waals surface area contributed by atoms with Crippen LogP contribution in [0.25, 0.3) is 0 Å². The molecular formula is C38H44Cl2N2O2Si. The molecule has 4 aromatic carbocycles. The molecule has 4 atom stereocenters. The van der Waals surface area contributed by atoms with Crippen LogP contribution in [0.4, 0.5) is 0 Å². The lowest BCUT2D eigenvalue weighted by molar-refractivity contribution is -0.146. The van der Waals surface area contributed by atoms with Crippen molar-refractivity contribution in [2.45, 2.75) is 76.7 Å². The van der Waals surface area contributed by atoms with Gasteiger partial charge in [0, 0.05) is 10.0 Å². The second-order valence-corrected chi connectivity index (χ2v) is 18.1. The predicted octanol–water partition coefficient (Wildman–Crippen LogP) is 8.34. The van der Waals surface area contributed by atoms with Crippen LogP contribution < -0.4 is 15.7 Å². The van der Waals surface area contributed by atoms with Gasteiger partial charge in [-0.25, -0.2) is 0 Å². The number of hydrogen-bond donors (Lipinski definition) is 1. The van der Waals surface area contributed by atoms with Gasteiger partial charge in [0.2, 0.25) is 5.91 Å². The molecule has 1 N–H and O–H groups in total. The number of rotatable bonds is 10. The average Bonchev–Trinajstić information content (AvgIpc) is 3.04. The number of benzene rings is 4. The van der Waals surface area contributed by atoms with Crippen molar-refractivity contribution in [2.75, 3.05) is 6.61 Å². The molecule has 4 nitrogen and oxygen atoms in total. The van der Waals surface area contributed by atoms with E-state index in [-0.39, 0.29) is 35.1 Å². The normalized spacial score (nSPS) is 19.8. The lowest BCUT2D eigenvalue weighted by Gasteiger charge is -2.50. The number of amides is 1. The molecule has 0 bridgehead atoms. The first-order valence-corrected chi connectivity index (χ1v) is 18.6. The van der Waals surface area contributed by atoms with Crippen LogP contribution >= 0.6 is 23.2 Å². The minimum atomic E-state index is -2.82. The lowest BCUT2D eigenvalue weighted by Crippen LogP contribution is -2.68. The molecule has 5 rings (SSSR count). The summed E-state index contributed by atoms with van der Waals surface area (Å²) >= 11 is 12.9. The first-order chi connectivity index (χ1) is 21.6. The summed E-state index contributed by atoms with van der Waals surface area (Å²) in [6.45, 7) is 11.5. The number of nitrogens with one attached hydrogen (secondary N) is 1. The fraction of sp³-hybridized carbons (Fsp3) is 0.342. The molecular weight excluding hydrogens is 615 g/mol. The lowest BCUT2D eigenvalue weighted by atomic mass is 9.86. The Labute approximate surface area is 279 Å². The predicted molar refractivity (Wildman–Crippen MR) is 190 cm³/mol. The van der Waals surface area contributed by atoms with Crippen LogP contribution in [0, 0.1) is 0 Å². The van der Waals surface area contributed by atoms with Crippen LogP contribution in [0.1, 0.15) is 70.7 Å². The maximum Gasteiger partial charge on any atom is 0.261 e. The quantitative estimate of drug-likeness (QED) is 0.174. The molecule has 0 aromatic heterocycles. The highest BCUT2D eigenvalue weighted by Gasteiger charge is 2.51. The molecule has 1 saturated heterocycles. The van der Waals surface area contributed by atoms with Crippen molar-refractivity contribution in [3.05, 3.63) is 130 Å². The van der Waals surface area contributed by atoms with E-state index in [1.54, 1.807) is 0 Å². The number of hydrogen-bond acceptors (Lipinski definition) is 3. The van der Waals surface area contributed by atoms with Gasteiger partial charge in [-0.15, -0.1) is 0 Å². The van der Waals surface area contributed by atoms with Crippen LogP contribution in [0.15, 0.2) is 109 Å². The van der Waals surface area contributed by atoms with E-state index >= 15 is 0 Å². The monoisotopic (exact) mass is 658 g/mol. The van der Waals surface area contributed by atoms with E-state index in [0.29, 0.717) is 23.1 Å². The third-order valence-corrected chi connectivity index (χ3v) is 14.6. The molecule has 1 fully saturated rings. The van der Waals surface area contributed by atoms with Crippen molar-refractivity contribution in [3.8, 4) is 0 Å². The van der Waals surface area contributed by atoms with E-state index in [9.17, 15) is 4.79 Å². The maximum absolute atomic E-state index is 14.5. The summed E-state index contributed by atoms with van der Waals surface area (Å²) in [6.07, 6.45) is 1.42. The fourth-order valence-electron chi connectivity index (χ4n) is 6.93. The summed E-state index contributed by atoms with van der Waals surface area (Å²) < 4.78 is 7.44. The Hall–Kier alpha value is -2.93. The Morgan fingerprint density at radius 3 is 1.91 bits per heavy atom. The minimum Gasteiger partial charge on any atom is -0.405 e. The smallest absolute Gasteiger partial charge is 0.261 e. The molecule has 0 radical (unpaired) electrons. The van der Waals surface area contributed by atoms with Crippen molar-refractivity contribution in [3.63, 3.8) is 0 Å². The van der Waals surface area contributed by atoms with Crippen molar-refractivity contribution in [1.82, 2.24) is 10.2 Å². The molecule has 0 saturated carbocycles. The van der Waals surface area contributed by atoms with Crippen LogP contribution in [0.2, 0.25) is 15.1 Å². The van der Waals surface area contributed by atoms with Gasteiger partial charge in [-0.05, 0) is 63.6 Å². The molecule has 45 heavy (non-hydrogen) atoms. The van der Waals surface area contributed by atoms with E-state index in [1.165, 1.54) is 10.4 Å². The summed E-state index contributed by atoms with van der Waals surface area (Å²) in [4.78, 5) is 16.6. The number of halogens is 2. The Morgan fingerprint density at radius 2 is 1.40 bits per heavy atom. The highest BCUT2D eigenvalue weighted by atomic mass is 35.5. The molecule has 7 heteroatoms. The summed E-state index contributed by atoms with van der Waals surface area (Å²) in [7, 11) is -2.82. The highest BCUT2D eigenvalue weighted by molar-refractivity contribution is 6.99. The third kappa shape index (κ3) is 6.79. The van der Waals surface area contributed by atoms with E-state index in [4.69, 9.17) is 27.6 Å². The van der Waals surface area contributed by atoms with Crippen LogP contribution in [0.3, 0.4) is 0 Å². The molecule has 4 aromatic rings. The number of piperazine rings is 1. The van der Waals surface area contributed by atoms with Crippen LogP contribution in [-0.4, -0.2) is 37.8 Å². The Kier molecular flexibility index (Phi) is 10.6. The summed E-state index contributed by atoms with van der Waals surface area (Å²) in [6, 6.07) is 36.2. The molecule has 1 heterocycles. The van der Waals surface area contributed by atoms with Gasteiger partial charge in [-0.1, -0.05) is 143 Å². The summed E-state index contributed by atoms with van der Waals surface area (Å²) in [5.74, 6) is 0.0913. The van der Waals surface area contributed by atoms with Crippen LogP contribution in [-0.2, 0) is 9.22 Å². The second kappa shape index (κ2) is 14.2.